The van der Waals surface area contributed by atoms with Crippen LogP contribution in [0.25, 0.3) is 0 Å². The molecule has 0 heterocycles. The molecule has 0 atom stereocenters. The third-order valence-corrected chi connectivity index (χ3v) is 3.50. The number of nitrogens with zero attached hydrogens (tertiary/aromatic N) is 1. The zero-order valence-electron chi connectivity index (χ0n) is 10.0. The van der Waals surface area contributed by atoms with Crippen LogP contribution in [0.15, 0.2) is 12.1 Å². The van der Waals surface area contributed by atoms with E-state index in [1.807, 2.05) is 11.8 Å². The predicted molar refractivity (Wildman–Crippen MR) is 66.0 cm³/mol. The maximum atomic E-state index is 13.8. The Morgan fingerprint density at radius 3 is 2.59 bits per heavy atom. The van der Waals surface area contributed by atoms with Gasteiger partial charge in [-0.05, 0) is 37.8 Å². The van der Waals surface area contributed by atoms with Crippen molar-refractivity contribution in [2.45, 2.75) is 26.2 Å². The minimum absolute atomic E-state index is 0.222. The Morgan fingerprint density at radius 2 is 2.06 bits per heavy atom. The van der Waals surface area contributed by atoms with E-state index in [1.54, 1.807) is 0 Å². The molecule has 2 N–H and O–H groups in total. The van der Waals surface area contributed by atoms with Gasteiger partial charge in [0.15, 0.2) is 11.6 Å². The van der Waals surface area contributed by atoms with Gasteiger partial charge in [0.1, 0.15) is 0 Å². The number of benzene rings is 1. The van der Waals surface area contributed by atoms with E-state index in [0.29, 0.717) is 18.2 Å². The monoisotopic (exact) mass is 240 g/mol. The molecule has 2 nitrogen and oxygen atoms in total. The Morgan fingerprint density at radius 1 is 1.35 bits per heavy atom. The van der Waals surface area contributed by atoms with Crippen molar-refractivity contribution in [1.82, 2.24) is 0 Å². The minimum Gasteiger partial charge on any atom is -0.397 e. The molecule has 1 aliphatic carbocycles. The second-order valence-electron chi connectivity index (χ2n) is 4.63. The summed E-state index contributed by atoms with van der Waals surface area (Å²) in [4.78, 5) is 1.84. The van der Waals surface area contributed by atoms with Crippen LogP contribution in [0.1, 0.15) is 26.2 Å². The van der Waals surface area contributed by atoms with Gasteiger partial charge in [-0.3, -0.25) is 0 Å². The fourth-order valence-electron chi connectivity index (χ4n) is 2.24. The highest BCUT2D eigenvalue weighted by Gasteiger charge is 2.24. The summed E-state index contributed by atoms with van der Waals surface area (Å²) < 4.78 is 27.0. The summed E-state index contributed by atoms with van der Waals surface area (Å²) in [6.45, 7) is 3.34. The van der Waals surface area contributed by atoms with Crippen molar-refractivity contribution in [2.75, 3.05) is 23.7 Å². The van der Waals surface area contributed by atoms with Gasteiger partial charge in [0.05, 0.1) is 11.4 Å². The smallest absolute Gasteiger partial charge is 0.184 e. The van der Waals surface area contributed by atoms with Gasteiger partial charge in [-0.1, -0.05) is 6.42 Å². The topological polar surface area (TPSA) is 29.3 Å². The van der Waals surface area contributed by atoms with Crippen molar-refractivity contribution >= 4 is 11.4 Å². The number of halogens is 2. The highest BCUT2D eigenvalue weighted by molar-refractivity contribution is 5.68. The van der Waals surface area contributed by atoms with Crippen molar-refractivity contribution in [3.05, 3.63) is 23.8 Å². The highest BCUT2D eigenvalue weighted by atomic mass is 19.2. The minimum atomic E-state index is -0.832. The molecule has 17 heavy (non-hydrogen) atoms. The lowest BCUT2D eigenvalue weighted by molar-refractivity contribution is 0.317. The third kappa shape index (κ3) is 2.35. The molecule has 1 aromatic carbocycles. The first kappa shape index (κ1) is 12.1. The molecule has 0 unspecified atom stereocenters. The van der Waals surface area contributed by atoms with E-state index >= 15 is 0 Å². The van der Waals surface area contributed by atoms with Crippen molar-refractivity contribution in [3.8, 4) is 0 Å². The third-order valence-electron chi connectivity index (χ3n) is 3.50. The fourth-order valence-corrected chi connectivity index (χ4v) is 2.24. The Hall–Kier alpha value is -1.32. The zero-order valence-corrected chi connectivity index (χ0v) is 10.0. The van der Waals surface area contributed by atoms with E-state index in [0.717, 1.165) is 12.6 Å². The van der Waals surface area contributed by atoms with Crippen LogP contribution in [0, 0.1) is 17.6 Å². The molecule has 0 radical (unpaired) electrons. The van der Waals surface area contributed by atoms with Gasteiger partial charge < -0.3 is 10.6 Å². The molecule has 0 amide bonds. The second-order valence-corrected chi connectivity index (χ2v) is 4.63. The first-order valence-electron chi connectivity index (χ1n) is 6.12. The molecule has 1 aliphatic rings. The van der Waals surface area contributed by atoms with Crippen molar-refractivity contribution in [2.24, 2.45) is 5.92 Å². The molecule has 0 spiro atoms. The van der Waals surface area contributed by atoms with Crippen LogP contribution in [0.3, 0.4) is 0 Å². The van der Waals surface area contributed by atoms with Crippen LogP contribution >= 0.6 is 0 Å². The standard InChI is InChI=1S/C13H18F2N2/c1-2-17(8-9-4-3-5-9)13-11(16)7-6-10(14)12(13)15/h6-7,9H,2-5,8,16H2,1H3. The van der Waals surface area contributed by atoms with Crippen molar-refractivity contribution < 1.29 is 8.78 Å². The van der Waals surface area contributed by atoms with Gasteiger partial charge in [0, 0.05) is 13.1 Å². The van der Waals surface area contributed by atoms with Gasteiger partial charge in [-0.25, -0.2) is 8.78 Å². The summed E-state index contributed by atoms with van der Waals surface area (Å²) >= 11 is 0. The summed E-state index contributed by atoms with van der Waals surface area (Å²) in [6, 6.07) is 2.50. The number of nitrogen functional groups attached to an aromatic ring is 1. The van der Waals surface area contributed by atoms with Crippen LogP contribution in [-0.2, 0) is 0 Å². The van der Waals surface area contributed by atoms with Gasteiger partial charge in [-0.2, -0.15) is 0 Å². The molecular formula is C13H18F2N2. The summed E-state index contributed by atoms with van der Waals surface area (Å²) in [5.74, 6) is -1.07. The number of anilines is 2. The van der Waals surface area contributed by atoms with E-state index in [9.17, 15) is 8.78 Å². The van der Waals surface area contributed by atoms with Crippen LogP contribution < -0.4 is 10.6 Å². The average molecular weight is 240 g/mol. The van der Waals surface area contributed by atoms with Crippen molar-refractivity contribution in [1.29, 1.82) is 0 Å². The molecule has 1 fully saturated rings. The van der Waals surface area contributed by atoms with Gasteiger partial charge >= 0.3 is 0 Å². The maximum absolute atomic E-state index is 13.8. The van der Waals surface area contributed by atoms with Gasteiger partial charge in [0.2, 0.25) is 0 Å². The largest absolute Gasteiger partial charge is 0.397 e. The van der Waals surface area contributed by atoms with E-state index < -0.39 is 11.6 Å². The number of rotatable bonds is 4. The molecule has 1 saturated carbocycles. The Bertz CT molecular complexity index is 403. The quantitative estimate of drug-likeness (QED) is 0.819. The molecule has 4 heteroatoms. The lowest BCUT2D eigenvalue weighted by Gasteiger charge is -2.33. The zero-order chi connectivity index (χ0) is 12.4. The molecule has 1 aromatic rings. The Kier molecular flexibility index (Phi) is 3.50. The average Bonchev–Trinajstić information content (AvgIpc) is 2.26. The predicted octanol–water partition coefficient (Wildman–Crippen LogP) is 3.17. The van der Waals surface area contributed by atoms with Crippen LogP contribution in [0.2, 0.25) is 0 Å². The molecule has 94 valence electrons. The summed E-state index contributed by atoms with van der Waals surface area (Å²) in [7, 11) is 0. The summed E-state index contributed by atoms with van der Waals surface area (Å²) in [5, 5.41) is 0. The molecule has 0 bridgehead atoms. The van der Waals surface area contributed by atoms with E-state index in [1.165, 1.54) is 25.3 Å². The molecule has 0 aliphatic heterocycles. The fraction of sp³-hybridized carbons (Fsp3) is 0.538. The Labute approximate surface area is 100 Å². The Balaban J connectivity index is 2.25. The highest BCUT2D eigenvalue weighted by Crippen LogP contribution is 2.33. The number of hydrogen-bond donors (Lipinski definition) is 1. The lowest BCUT2D eigenvalue weighted by atomic mass is 9.85. The van der Waals surface area contributed by atoms with E-state index in [2.05, 4.69) is 0 Å². The van der Waals surface area contributed by atoms with Gasteiger partial charge in [-0.15, -0.1) is 0 Å². The first-order valence-corrected chi connectivity index (χ1v) is 6.12. The molecule has 2 rings (SSSR count). The first-order chi connectivity index (χ1) is 8.13. The maximum Gasteiger partial charge on any atom is 0.184 e. The van der Waals surface area contributed by atoms with Crippen LogP contribution in [0.5, 0.6) is 0 Å². The molecule has 0 aromatic heterocycles. The SMILES string of the molecule is CCN(CC1CCC1)c1c(N)ccc(F)c1F. The molecule has 0 saturated heterocycles. The second kappa shape index (κ2) is 4.90. The number of nitrogens with two attached hydrogens (primary N) is 1. The van der Waals surface area contributed by atoms with Gasteiger partial charge in [0.25, 0.3) is 0 Å². The molecular weight excluding hydrogens is 222 g/mol. The van der Waals surface area contributed by atoms with E-state index in [4.69, 9.17) is 5.73 Å². The van der Waals surface area contributed by atoms with E-state index in [-0.39, 0.29) is 5.69 Å². The number of hydrogen-bond acceptors (Lipinski definition) is 2. The summed E-state index contributed by atoms with van der Waals surface area (Å²) in [5.41, 5.74) is 6.29. The van der Waals surface area contributed by atoms with Crippen LogP contribution in [0.4, 0.5) is 20.2 Å². The summed E-state index contributed by atoms with van der Waals surface area (Å²) in [6.07, 6.45) is 3.59. The van der Waals surface area contributed by atoms with Crippen molar-refractivity contribution in [3.63, 3.8) is 0 Å². The normalized spacial score (nSPS) is 15.7. The van der Waals surface area contributed by atoms with Crippen LogP contribution in [-0.4, -0.2) is 13.1 Å². The lowest BCUT2D eigenvalue weighted by Crippen LogP contribution is -2.33.